The Bertz CT molecular complexity index is 1100. The van der Waals surface area contributed by atoms with Crippen molar-refractivity contribution in [1.29, 1.82) is 0 Å². The van der Waals surface area contributed by atoms with Gasteiger partial charge in [-0.3, -0.25) is 0 Å². The van der Waals surface area contributed by atoms with E-state index in [4.69, 9.17) is 0 Å². The van der Waals surface area contributed by atoms with E-state index >= 15 is 0 Å². The Hall–Kier alpha value is -2.96. The maximum atomic E-state index is 13.6. The number of carbonyl (C=O) groups is 1. The summed E-state index contributed by atoms with van der Waals surface area (Å²) in [6.45, 7) is 3.23. The van der Waals surface area contributed by atoms with Gasteiger partial charge in [0, 0.05) is 6.54 Å². The van der Waals surface area contributed by atoms with Gasteiger partial charge in [0.2, 0.25) is 10.0 Å². The van der Waals surface area contributed by atoms with Crippen LogP contribution >= 0.6 is 0 Å². The number of carbonyl (C=O) groups excluding carboxylic acids is 1. The smallest absolute Gasteiger partial charge is 0.244 e. The molecule has 0 aliphatic carbocycles. The highest BCUT2D eigenvalue weighted by Gasteiger charge is 2.43. The van der Waals surface area contributed by atoms with Crippen LogP contribution in [0, 0.1) is 6.92 Å². The molecule has 3 aromatic carbocycles. The van der Waals surface area contributed by atoms with Crippen LogP contribution in [0.1, 0.15) is 23.6 Å². The summed E-state index contributed by atoms with van der Waals surface area (Å²) in [5.74, 6) is -1.47. The van der Waals surface area contributed by atoms with Crippen molar-refractivity contribution in [2.75, 3.05) is 6.54 Å². The SMILES string of the molecule is Cc1ccc(S(=O)(=O)N(CCc2ccccc2)C(C)(C(=O)[O-])c2ccccc2)cc1. The number of benzene rings is 3. The van der Waals surface area contributed by atoms with Crippen molar-refractivity contribution in [3.63, 3.8) is 0 Å². The van der Waals surface area contributed by atoms with Crippen LogP contribution in [-0.4, -0.2) is 25.2 Å². The minimum atomic E-state index is -4.13. The Labute approximate surface area is 177 Å². The van der Waals surface area contributed by atoms with Gasteiger partial charge in [-0.25, -0.2) is 8.42 Å². The number of aryl methyl sites for hydroxylation is 1. The lowest BCUT2D eigenvalue weighted by Gasteiger charge is -2.41. The van der Waals surface area contributed by atoms with Crippen molar-refractivity contribution in [1.82, 2.24) is 4.31 Å². The highest BCUT2D eigenvalue weighted by Crippen LogP contribution is 2.33. The van der Waals surface area contributed by atoms with E-state index in [1.807, 2.05) is 37.3 Å². The van der Waals surface area contributed by atoms with Gasteiger partial charge in [-0.2, -0.15) is 4.31 Å². The first-order chi connectivity index (χ1) is 14.3. The Balaban J connectivity index is 2.12. The molecule has 0 N–H and O–H groups in total. The van der Waals surface area contributed by atoms with Gasteiger partial charge in [-0.1, -0.05) is 78.4 Å². The van der Waals surface area contributed by atoms with Crippen LogP contribution < -0.4 is 5.11 Å². The molecule has 0 aromatic heterocycles. The van der Waals surface area contributed by atoms with Gasteiger partial charge >= 0.3 is 0 Å². The number of hydrogen-bond donors (Lipinski definition) is 0. The second-order valence-corrected chi connectivity index (χ2v) is 9.21. The molecule has 0 aliphatic rings. The lowest BCUT2D eigenvalue weighted by Crippen LogP contribution is -2.58. The normalized spacial score (nSPS) is 13.7. The second-order valence-electron chi connectivity index (χ2n) is 7.35. The van der Waals surface area contributed by atoms with Crippen molar-refractivity contribution in [2.45, 2.75) is 30.7 Å². The number of carboxylic acid groups (broad SMARTS) is 1. The molecule has 3 rings (SSSR count). The molecule has 1 atom stereocenters. The molecular formula is C24H24NO4S-. The minimum Gasteiger partial charge on any atom is -0.548 e. The molecule has 0 saturated heterocycles. The maximum absolute atomic E-state index is 13.6. The molecule has 0 bridgehead atoms. The third kappa shape index (κ3) is 4.30. The lowest BCUT2D eigenvalue weighted by molar-refractivity contribution is -0.317. The van der Waals surface area contributed by atoms with E-state index in [0.29, 0.717) is 12.0 Å². The van der Waals surface area contributed by atoms with Gasteiger partial charge in [0.1, 0.15) is 0 Å². The number of nitrogens with zero attached hydrogens (tertiary/aromatic N) is 1. The molecule has 0 spiro atoms. The molecule has 0 heterocycles. The van der Waals surface area contributed by atoms with Crippen LogP contribution in [0.4, 0.5) is 0 Å². The first-order valence-electron chi connectivity index (χ1n) is 9.66. The van der Waals surface area contributed by atoms with Gasteiger partial charge in [-0.05, 0) is 43.5 Å². The zero-order chi connectivity index (χ0) is 21.8. The summed E-state index contributed by atoms with van der Waals surface area (Å²) < 4.78 is 28.3. The predicted octanol–water partition coefficient (Wildman–Crippen LogP) is 2.89. The van der Waals surface area contributed by atoms with Crippen LogP contribution in [0.15, 0.2) is 89.8 Å². The van der Waals surface area contributed by atoms with E-state index in [1.54, 1.807) is 42.5 Å². The Kier molecular flexibility index (Phi) is 6.39. The van der Waals surface area contributed by atoms with E-state index in [9.17, 15) is 18.3 Å². The molecule has 30 heavy (non-hydrogen) atoms. The first kappa shape index (κ1) is 21.7. The number of sulfonamides is 1. The van der Waals surface area contributed by atoms with Gasteiger partial charge in [0.25, 0.3) is 0 Å². The molecule has 3 aromatic rings. The summed E-state index contributed by atoms with van der Waals surface area (Å²) in [5, 5.41) is 12.4. The number of carboxylic acids is 1. The lowest BCUT2D eigenvalue weighted by atomic mass is 9.91. The van der Waals surface area contributed by atoms with Crippen molar-refractivity contribution in [3.8, 4) is 0 Å². The number of rotatable bonds is 8. The number of hydrogen-bond acceptors (Lipinski definition) is 4. The molecule has 6 heteroatoms. The van der Waals surface area contributed by atoms with E-state index in [2.05, 4.69) is 0 Å². The van der Waals surface area contributed by atoms with Crippen molar-refractivity contribution < 1.29 is 18.3 Å². The number of aliphatic carboxylic acids is 1. The molecule has 156 valence electrons. The Morgan fingerprint density at radius 3 is 1.97 bits per heavy atom. The monoisotopic (exact) mass is 422 g/mol. The Morgan fingerprint density at radius 2 is 1.43 bits per heavy atom. The molecule has 0 radical (unpaired) electrons. The largest absolute Gasteiger partial charge is 0.548 e. The Morgan fingerprint density at radius 1 is 0.900 bits per heavy atom. The third-order valence-corrected chi connectivity index (χ3v) is 7.28. The predicted molar refractivity (Wildman–Crippen MR) is 114 cm³/mol. The fourth-order valence-corrected chi connectivity index (χ4v) is 5.15. The van der Waals surface area contributed by atoms with Crippen LogP contribution in [0.25, 0.3) is 0 Å². The van der Waals surface area contributed by atoms with Gasteiger partial charge in [0.05, 0.1) is 16.4 Å². The highest BCUT2D eigenvalue weighted by molar-refractivity contribution is 7.89. The highest BCUT2D eigenvalue weighted by atomic mass is 32.2. The fraction of sp³-hybridized carbons (Fsp3) is 0.208. The molecule has 0 saturated carbocycles. The minimum absolute atomic E-state index is 0.0143. The van der Waals surface area contributed by atoms with Gasteiger partial charge in [-0.15, -0.1) is 0 Å². The summed E-state index contributed by atoms with van der Waals surface area (Å²) in [6.07, 6.45) is 0.363. The van der Waals surface area contributed by atoms with Crippen LogP contribution in [0.5, 0.6) is 0 Å². The zero-order valence-electron chi connectivity index (χ0n) is 17.0. The average Bonchev–Trinajstić information content (AvgIpc) is 2.75. The molecule has 0 amide bonds. The summed E-state index contributed by atoms with van der Waals surface area (Å²) >= 11 is 0. The van der Waals surface area contributed by atoms with Gasteiger partial charge < -0.3 is 9.90 Å². The average molecular weight is 423 g/mol. The van der Waals surface area contributed by atoms with E-state index in [1.165, 1.54) is 19.1 Å². The molecular weight excluding hydrogens is 398 g/mol. The fourth-order valence-electron chi connectivity index (χ4n) is 3.42. The summed E-state index contributed by atoms with van der Waals surface area (Å²) in [4.78, 5) is 12.4. The molecule has 0 aliphatic heterocycles. The molecule has 1 unspecified atom stereocenters. The van der Waals surface area contributed by atoms with E-state index in [0.717, 1.165) is 15.4 Å². The van der Waals surface area contributed by atoms with Crippen molar-refractivity contribution in [3.05, 3.63) is 102 Å². The zero-order valence-corrected chi connectivity index (χ0v) is 17.8. The summed E-state index contributed by atoms with van der Waals surface area (Å²) in [7, 11) is -4.13. The van der Waals surface area contributed by atoms with Gasteiger partial charge in [0.15, 0.2) is 0 Å². The van der Waals surface area contributed by atoms with Crippen molar-refractivity contribution in [2.24, 2.45) is 0 Å². The first-order valence-corrected chi connectivity index (χ1v) is 11.1. The summed E-state index contributed by atoms with van der Waals surface area (Å²) in [5.41, 5.74) is 0.291. The summed E-state index contributed by atoms with van der Waals surface area (Å²) in [6, 6.07) is 24.1. The molecule has 5 nitrogen and oxygen atoms in total. The van der Waals surface area contributed by atoms with Crippen molar-refractivity contribution >= 4 is 16.0 Å². The maximum Gasteiger partial charge on any atom is 0.244 e. The van der Waals surface area contributed by atoms with E-state index < -0.39 is 21.5 Å². The van der Waals surface area contributed by atoms with E-state index in [-0.39, 0.29) is 11.4 Å². The third-order valence-electron chi connectivity index (χ3n) is 5.29. The second kappa shape index (κ2) is 8.81. The van der Waals surface area contributed by atoms with Crippen LogP contribution in [0.3, 0.4) is 0 Å². The van der Waals surface area contributed by atoms with Crippen LogP contribution in [0.2, 0.25) is 0 Å². The quantitative estimate of drug-likeness (QED) is 0.559. The topological polar surface area (TPSA) is 77.5 Å². The standard InChI is InChI=1S/C24H25NO4S/c1-19-13-15-22(16-14-19)30(28,29)25(18-17-20-9-5-3-6-10-20)24(2,23(26)27)21-11-7-4-8-12-21/h3-16H,17-18H2,1-2H3,(H,26,27)/p-1. The molecule has 0 fully saturated rings. The van der Waals surface area contributed by atoms with Crippen LogP contribution in [-0.2, 0) is 26.8 Å².